The van der Waals surface area contributed by atoms with Crippen LogP contribution in [0, 0.1) is 19.8 Å². The molecule has 1 aliphatic heterocycles. The molecule has 1 aliphatic carbocycles. The van der Waals surface area contributed by atoms with E-state index < -0.39 is 0 Å². The van der Waals surface area contributed by atoms with Crippen LogP contribution in [0.2, 0.25) is 0 Å². The molecule has 1 amide bonds. The van der Waals surface area contributed by atoms with Gasteiger partial charge in [-0.15, -0.1) is 11.3 Å². The Morgan fingerprint density at radius 3 is 2.72 bits per heavy atom. The van der Waals surface area contributed by atoms with Crippen LogP contribution in [0.3, 0.4) is 0 Å². The molecule has 148 valence electrons. The van der Waals surface area contributed by atoms with Gasteiger partial charge in [0.2, 0.25) is 5.88 Å². The van der Waals surface area contributed by atoms with E-state index in [4.69, 9.17) is 4.74 Å². The van der Waals surface area contributed by atoms with Crippen molar-refractivity contribution in [1.29, 1.82) is 0 Å². The third-order valence-electron chi connectivity index (χ3n) is 5.73. The van der Waals surface area contributed by atoms with Crippen molar-refractivity contribution in [2.24, 2.45) is 5.92 Å². The fraction of sp³-hybridized carbons (Fsp3) is 0.364. The van der Waals surface area contributed by atoms with Gasteiger partial charge in [-0.25, -0.2) is 9.97 Å². The molecule has 0 N–H and O–H groups in total. The highest BCUT2D eigenvalue weighted by molar-refractivity contribution is 7.13. The van der Waals surface area contributed by atoms with Crippen molar-refractivity contribution in [3.8, 4) is 16.6 Å². The minimum absolute atomic E-state index is 0.0177. The standard InChI is InChI=1S/C22H22N4O2S/c1-13-3-4-19(24-10-13)28-18-9-15-8-17(18)26(12-15)22(27)16-7-14(2)11-25-20(16)21-23-5-6-29-21/h3-7,10-11,15,17-18H,8-9,12H2,1-2H3. The molecule has 6 nitrogen and oxygen atoms in total. The van der Waals surface area contributed by atoms with Gasteiger partial charge in [0.25, 0.3) is 5.91 Å². The van der Waals surface area contributed by atoms with Crippen LogP contribution in [-0.4, -0.2) is 44.4 Å². The van der Waals surface area contributed by atoms with Crippen molar-refractivity contribution in [1.82, 2.24) is 19.9 Å². The molecule has 2 fully saturated rings. The van der Waals surface area contributed by atoms with Crippen LogP contribution in [0.25, 0.3) is 10.7 Å². The Hall–Kier alpha value is -2.80. The number of nitrogens with zero attached hydrogens (tertiary/aromatic N) is 4. The third-order valence-corrected chi connectivity index (χ3v) is 6.51. The van der Waals surface area contributed by atoms with Gasteiger partial charge in [-0.2, -0.15) is 0 Å². The second-order valence-corrected chi connectivity index (χ2v) is 8.83. The fourth-order valence-corrected chi connectivity index (χ4v) is 5.05. The average molecular weight is 407 g/mol. The highest BCUT2D eigenvalue weighted by Gasteiger charge is 2.48. The van der Waals surface area contributed by atoms with E-state index in [-0.39, 0.29) is 18.1 Å². The summed E-state index contributed by atoms with van der Waals surface area (Å²) in [4.78, 5) is 28.8. The number of fused-ring (bicyclic) bond motifs is 2. The minimum Gasteiger partial charge on any atom is -0.472 e. The molecule has 4 heterocycles. The highest BCUT2D eigenvalue weighted by Crippen LogP contribution is 2.41. The number of aryl methyl sites for hydroxylation is 2. The van der Waals surface area contributed by atoms with E-state index in [9.17, 15) is 4.79 Å². The van der Waals surface area contributed by atoms with Gasteiger partial charge in [-0.3, -0.25) is 9.78 Å². The molecule has 0 spiro atoms. The number of piperidine rings is 1. The largest absolute Gasteiger partial charge is 0.472 e. The van der Waals surface area contributed by atoms with Crippen molar-refractivity contribution in [3.05, 3.63) is 58.9 Å². The maximum atomic E-state index is 13.5. The number of hydrogen-bond donors (Lipinski definition) is 0. The van der Waals surface area contributed by atoms with Crippen LogP contribution >= 0.6 is 11.3 Å². The number of thiazole rings is 1. The number of amides is 1. The molecule has 2 bridgehead atoms. The summed E-state index contributed by atoms with van der Waals surface area (Å²) < 4.78 is 6.18. The first-order valence-corrected chi connectivity index (χ1v) is 10.7. The monoisotopic (exact) mass is 406 g/mol. The van der Waals surface area contributed by atoms with E-state index in [0.717, 1.165) is 35.5 Å². The van der Waals surface area contributed by atoms with E-state index in [1.54, 1.807) is 12.4 Å². The quantitative estimate of drug-likeness (QED) is 0.657. The smallest absolute Gasteiger partial charge is 0.256 e. The van der Waals surface area contributed by atoms with E-state index in [2.05, 4.69) is 15.0 Å². The van der Waals surface area contributed by atoms with Gasteiger partial charge in [0.05, 0.1) is 11.6 Å². The molecule has 5 rings (SSSR count). The summed E-state index contributed by atoms with van der Waals surface area (Å²) in [6.07, 6.45) is 7.27. The van der Waals surface area contributed by atoms with Gasteiger partial charge in [-0.05, 0) is 49.8 Å². The number of likely N-dealkylation sites (tertiary alicyclic amines) is 1. The fourth-order valence-electron chi connectivity index (χ4n) is 4.40. The number of rotatable bonds is 4. The summed E-state index contributed by atoms with van der Waals surface area (Å²) >= 11 is 1.50. The van der Waals surface area contributed by atoms with Gasteiger partial charge in [0.1, 0.15) is 16.8 Å². The average Bonchev–Trinajstić information content (AvgIpc) is 3.46. The van der Waals surface area contributed by atoms with Crippen molar-refractivity contribution < 1.29 is 9.53 Å². The molecule has 1 saturated carbocycles. The predicted octanol–water partition coefficient (Wildman–Crippen LogP) is 3.90. The van der Waals surface area contributed by atoms with Crippen LogP contribution in [-0.2, 0) is 0 Å². The van der Waals surface area contributed by atoms with Crippen molar-refractivity contribution >= 4 is 17.2 Å². The second kappa shape index (κ2) is 7.22. The maximum absolute atomic E-state index is 13.5. The number of aromatic nitrogens is 3. The molecule has 0 aromatic carbocycles. The maximum Gasteiger partial charge on any atom is 0.256 e. The first kappa shape index (κ1) is 18.2. The Morgan fingerprint density at radius 2 is 2.00 bits per heavy atom. The zero-order valence-electron chi connectivity index (χ0n) is 16.4. The van der Waals surface area contributed by atoms with E-state index in [1.807, 2.05) is 48.5 Å². The van der Waals surface area contributed by atoms with Crippen LogP contribution < -0.4 is 4.74 Å². The molecular weight excluding hydrogens is 384 g/mol. The Balaban J connectivity index is 1.41. The minimum atomic E-state index is -0.0195. The lowest BCUT2D eigenvalue weighted by Gasteiger charge is -2.33. The Labute approximate surface area is 173 Å². The topological polar surface area (TPSA) is 68.2 Å². The first-order chi connectivity index (χ1) is 14.1. The lowest BCUT2D eigenvalue weighted by atomic mass is 10.0. The van der Waals surface area contributed by atoms with E-state index in [0.29, 0.717) is 23.1 Å². The normalized spacial score (nSPS) is 22.8. The van der Waals surface area contributed by atoms with Crippen molar-refractivity contribution in [3.63, 3.8) is 0 Å². The predicted molar refractivity (Wildman–Crippen MR) is 111 cm³/mol. The van der Waals surface area contributed by atoms with Gasteiger partial charge >= 0.3 is 0 Å². The second-order valence-electron chi connectivity index (χ2n) is 7.94. The number of carbonyl (C=O) groups is 1. The van der Waals surface area contributed by atoms with Gasteiger partial charge in [0.15, 0.2) is 0 Å². The molecule has 3 atom stereocenters. The summed E-state index contributed by atoms with van der Waals surface area (Å²) in [5.74, 6) is 1.12. The molecule has 3 unspecified atom stereocenters. The first-order valence-electron chi connectivity index (χ1n) is 9.85. The molecule has 7 heteroatoms. The van der Waals surface area contributed by atoms with Crippen LogP contribution in [0.5, 0.6) is 5.88 Å². The van der Waals surface area contributed by atoms with Crippen LogP contribution in [0.15, 0.2) is 42.2 Å². The molecular formula is C22H22N4O2S. The SMILES string of the molecule is Cc1ccc(OC2CC3CC2N(C(=O)c2cc(C)cnc2-c2nccs2)C3)nc1. The van der Waals surface area contributed by atoms with E-state index >= 15 is 0 Å². The molecule has 2 aliphatic rings. The van der Waals surface area contributed by atoms with Gasteiger partial charge in [0, 0.05) is 36.6 Å². The third kappa shape index (κ3) is 3.40. The molecule has 3 aromatic heterocycles. The Bertz CT molecular complexity index is 1040. The molecule has 29 heavy (non-hydrogen) atoms. The van der Waals surface area contributed by atoms with Gasteiger partial charge in [-0.1, -0.05) is 6.07 Å². The number of carbonyl (C=O) groups excluding carboxylic acids is 1. The molecule has 0 radical (unpaired) electrons. The van der Waals surface area contributed by atoms with Crippen molar-refractivity contribution in [2.75, 3.05) is 6.54 Å². The highest BCUT2D eigenvalue weighted by atomic mass is 32.1. The number of hydrogen-bond acceptors (Lipinski definition) is 6. The molecule has 3 aromatic rings. The van der Waals surface area contributed by atoms with Crippen LogP contribution in [0.1, 0.15) is 34.3 Å². The number of ether oxygens (including phenoxy) is 1. The Morgan fingerprint density at radius 1 is 1.14 bits per heavy atom. The summed E-state index contributed by atoms with van der Waals surface area (Å²) in [6.45, 7) is 4.74. The number of pyridine rings is 2. The summed E-state index contributed by atoms with van der Waals surface area (Å²) in [7, 11) is 0. The Kier molecular flexibility index (Phi) is 4.54. The lowest BCUT2D eigenvalue weighted by molar-refractivity contribution is 0.0467. The zero-order chi connectivity index (χ0) is 20.0. The van der Waals surface area contributed by atoms with Crippen LogP contribution in [0.4, 0.5) is 0 Å². The van der Waals surface area contributed by atoms with E-state index in [1.165, 1.54) is 11.3 Å². The zero-order valence-corrected chi connectivity index (χ0v) is 17.2. The van der Waals surface area contributed by atoms with Crippen molar-refractivity contribution in [2.45, 2.75) is 38.8 Å². The summed E-state index contributed by atoms with van der Waals surface area (Å²) in [5.41, 5.74) is 3.36. The summed E-state index contributed by atoms with van der Waals surface area (Å²) in [5, 5.41) is 2.68. The molecule has 1 saturated heterocycles. The summed E-state index contributed by atoms with van der Waals surface area (Å²) in [6, 6.07) is 5.89. The lowest BCUT2D eigenvalue weighted by Crippen LogP contribution is -2.47. The van der Waals surface area contributed by atoms with Gasteiger partial charge < -0.3 is 9.64 Å².